The first-order valence-electron chi connectivity index (χ1n) is 6.67. The Balaban J connectivity index is 2.06. The van der Waals surface area contributed by atoms with E-state index in [0.29, 0.717) is 18.5 Å². The molecule has 21 heavy (non-hydrogen) atoms. The fraction of sp³-hybridized carbons (Fsp3) is 0.500. The molecule has 0 aromatic heterocycles. The van der Waals surface area contributed by atoms with Crippen molar-refractivity contribution >= 4 is 15.7 Å². The highest BCUT2D eigenvalue weighted by molar-refractivity contribution is 7.90. The highest BCUT2D eigenvalue weighted by Crippen LogP contribution is 2.20. The van der Waals surface area contributed by atoms with Crippen molar-refractivity contribution in [3.63, 3.8) is 0 Å². The fourth-order valence-corrected chi connectivity index (χ4v) is 3.66. The van der Waals surface area contributed by atoms with Crippen LogP contribution in [-0.4, -0.2) is 43.8 Å². The number of carbonyl (C=O) groups is 1. The summed E-state index contributed by atoms with van der Waals surface area (Å²) in [5.41, 5.74) is 0.379. The predicted octanol–water partition coefficient (Wildman–Crippen LogP) is 1.54. The van der Waals surface area contributed by atoms with Gasteiger partial charge in [0.15, 0.2) is 11.6 Å². The summed E-state index contributed by atoms with van der Waals surface area (Å²) in [5.74, 6) is -2.26. The van der Waals surface area contributed by atoms with E-state index in [0.717, 1.165) is 24.8 Å². The van der Waals surface area contributed by atoms with Crippen LogP contribution in [0.2, 0.25) is 0 Å². The maximum absolute atomic E-state index is 13.1. The van der Waals surface area contributed by atoms with Gasteiger partial charge in [-0.15, -0.1) is 0 Å². The van der Waals surface area contributed by atoms with E-state index < -0.39 is 21.5 Å². The zero-order chi connectivity index (χ0) is 15.6. The molecule has 1 saturated heterocycles. The molecule has 4 nitrogen and oxygen atoms in total. The Morgan fingerprint density at radius 3 is 2.67 bits per heavy atom. The Hall–Kier alpha value is -1.50. The average molecular weight is 317 g/mol. The minimum atomic E-state index is -3.16. The molecule has 0 spiro atoms. The Labute approximate surface area is 122 Å². The van der Waals surface area contributed by atoms with Gasteiger partial charge in [0.2, 0.25) is 5.91 Å². The molecule has 0 unspecified atom stereocenters. The van der Waals surface area contributed by atoms with E-state index in [2.05, 4.69) is 0 Å². The van der Waals surface area contributed by atoms with Gasteiger partial charge in [0, 0.05) is 18.8 Å². The number of hydrogen-bond donors (Lipinski definition) is 0. The first kappa shape index (κ1) is 15.9. The molecule has 1 fully saturated rings. The van der Waals surface area contributed by atoms with Crippen LogP contribution in [0.5, 0.6) is 0 Å². The molecule has 1 aliphatic heterocycles. The number of likely N-dealkylation sites (tertiary alicyclic amines) is 1. The first-order valence-corrected chi connectivity index (χ1v) is 8.73. The second-order valence-corrected chi connectivity index (χ2v) is 7.59. The standard InChI is InChI=1S/C14H17F2NO3S/c1-21(19,20)9-11-3-2-6-17(11)14(18)8-10-4-5-12(15)13(16)7-10/h4-5,7,11H,2-3,6,8-9H2,1H3/t11-/m1/s1. The number of nitrogens with zero attached hydrogens (tertiary/aromatic N) is 1. The van der Waals surface area contributed by atoms with Crippen molar-refractivity contribution in [2.45, 2.75) is 25.3 Å². The molecule has 0 N–H and O–H groups in total. The van der Waals surface area contributed by atoms with Crippen LogP contribution in [0.25, 0.3) is 0 Å². The SMILES string of the molecule is CS(=O)(=O)C[C@H]1CCCN1C(=O)Cc1ccc(F)c(F)c1. The van der Waals surface area contributed by atoms with E-state index in [1.54, 1.807) is 0 Å². The van der Waals surface area contributed by atoms with Crippen molar-refractivity contribution in [1.82, 2.24) is 4.90 Å². The highest BCUT2D eigenvalue weighted by Gasteiger charge is 2.31. The Morgan fingerprint density at radius 1 is 1.33 bits per heavy atom. The number of hydrogen-bond acceptors (Lipinski definition) is 3. The second kappa shape index (κ2) is 6.09. The van der Waals surface area contributed by atoms with E-state index in [4.69, 9.17) is 0 Å². The number of rotatable bonds is 4. The Bertz CT molecular complexity index is 646. The van der Waals surface area contributed by atoms with Crippen LogP contribution in [0.4, 0.5) is 8.78 Å². The summed E-state index contributed by atoms with van der Waals surface area (Å²) < 4.78 is 48.7. The fourth-order valence-electron chi connectivity index (χ4n) is 2.61. The molecule has 1 amide bonds. The molecule has 1 aliphatic rings. The minimum Gasteiger partial charge on any atom is -0.338 e. The predicted molar refractivity (Wildman–Crippen MR) is 74.5 cm³/mol. The third-order valence-electron chi connectivity index (χ3n) is 3.53. The summed E-state index contributed by atoms with van der Waals surface area (Å²) in [6.07, 6.45) is 2.49. The van der Waals surface area contributed by atoms with Crippen molar-refractivity contribution in [1.29, 1.82) is 0 Å². The quantitative estimate of drug-likeness (QED) is 0.846. The maximum Gasteiger partial charge on any atom is 0.227 e. The molecule has 0 aliphatic carbocycles. The second-order valence-electron chi connectivity index (χ2n) is 5.40. The molecule has 7 heteroatoms. The lowest BCUT2D eigenvalue weighted by Gasteiger charge is -2.24. The van der Waals surface area contributed by atoms with Crippen molar-refractivity contribution in [3.8, 4) is 0 Å². The number of benzene rings is 1. The highest BCUT2D eigenvalue weighted by atomic mass is 32.2. The van der Waals surface area contributed by atoms with Gasteiger partial charge in [-0.2, -0.15) is 0 Å². The van der Waals surface area contributed by atoms with Crippen LogP contribution in [0.1, 0.15) is 18.4 Å². The molecule has 0 radical (unpaired) electrons. The van der Waals surface area contributed by atoms with E-state index in [9.17, 15) is 22.0 Å². The number of carbonyl (C=O) groups excluding carboxylic acids is 1. The molecule has 0 saturated carbocycles. The van der Waals surface area contributed by atoms with Crippen molar-refractivity contribution < 1.29 is 22.0 Å². The lowest BCUT2D eigenvalue weighted by molar-refractivity contribution is -0.130. The van der Waals surface area contributed by atoms with Gasteiger partial charge in [-0.05, 0) is 30.5 Å². The van der Waals surface area contributed by atoms with Crippen LogP contribution < -0.4 is 0 Å². The van der Waals surface area contributed by atoms with Crippen LogP contribution in [0, 0.1) is 11.6 Å². The van der Waals surface area contributed by atoms with Gasteiger partial charge in [-0.25, -0.2) is 17.2 Å². The summed E-state index contributed by atoms with van der Waals surface area (Å²) in [5, 5.41) is 0. The summed E-state index contributed by atoms with van der Waals surface area (Å²) in [6.45, 7) is 0.503. The van der Waals surface area contributed by atoms with E-state index >= 15 is 0 Å². The largest absolute Gasteiger partial charge is 0.338 e. The number of sulfone groups is 1. The van der Waals surface area contributed by atoms with Gasteiger partial charge >= 0.3 is 0 Å². The maximum atomic E-state index is 13.1. The van der Waals surface area contributed by atoms with Crippen LogP contribution in [0.3, 0.4) is 0 Å². The van der Waals surface area contributed by atoms with Crippen molar-refractivity contribution in [3.05, 3.63) is 35.4 Å². The smallest absolute Gasteiger partial charge is 0.227 e. The van der Waals surface area contributed by atoms with Crippen molar-refractivity contribution in [2.24, 2.45) is 0 Å². The number of amides is 1. The third-order valence-corrected chi connectivity index (χ3v) is 4.52. The monoisotopic (exact) mass is 317 g/mol. The zero-order valence-electron chi connectivity index (χ0n) is 11.7. The zero-order valence-corrected chi connectivity index (χ0v) is 12.5. The van der Waals surface area contributed by atoms with E-state index in [-0.39, 0.29) is 24.1 Å². The van der Waals surface area contributed by atoms with Gasteiger partial charge in [-0.3, -0.25) is 4.79 Å². The van der Waals surface area contributed by atoms with Gasteiger partial charge in [0.05, 0.1) is 12.2 Å². The van der Waals surface area contributed by atoms with Crippen LogP contribution >= 0.6 is 0 Å². The van der Waals surface area contributed by atoms with Gasteiger partial charge in [0.1, 0.15) is 9.84 Å². The van der Waals surface area contributed by atoms with Gasteiger partial charge in [-0.1, -0.05) is 6.07 Å². The molecule has 1 aromatic rings. The number of halogens is 2. The minimum absolute atomic E-state index is 0.0581. The van der Waals surface area contributed by atoms with E-state index in [1.807, 2.05) is 0 Å². The topological polar surface area (TPSA) is 54.5 Å². The summed E-state index contributed by atoms with van der Waals surface area (Å²) >= 11 is 0. The Morgan fingerprint density at radius 2 is 2.05 bits per heavy atom. The summed E-state index contributed by atoms with van der Waals surface area (Å²) in [6, 6.07) is 3.01. The molecule has 2 rings (SSSR count). The Kier molecular flexibility index (Phi) is 4.61. The lowest BCUT2D eigenvalue weighted by Crippen LogP contribution is -2.40. The lowest BCUT2D eigenvalue weighted by atomic mass is 10.1. The molecule has 1 heterocycles. The average Bonchev–Trinajstić information content (AvgIpc) is 2.79. The molecule has 1 aromatic carbocycles. The molecular formula is C14H17F2NO3S. The first-order chi connectivity index (χ1) is 9.76. The third kappa shape index (κ3) is 4.23. The van der Waals surface area contributed by atoms with Gasteiger partial charge < -0.3 is 4.90 Å². The van der Waals surface area contributed by atoms with Crippen LogP contribution in [0.15, 0.2) is 18.2 Å². The van der Waals surface area contributed by atoms with Crippen molar-refractivity contribution in [2.75, 3.05) is 18.6 Å². The normalized spacial score (nSPS) is 19.0. The summed E-state index contributed by atoms with van der Waals surface area (Å²) in [7, 11) is -3.16. The molecule has 116 valence electrons. The van der Waals surface area contributed by atoms with Gasteiger partial charge in [0.25, 0.3) is 0 Å². The molecule has 0 bridgehead atoms. The van der Waals surface area contributed by atoms with Crippen LogP contribution in [-0.2, 0) is 21.1 Å². The van der Waals surface area contributed by atoms with E-state index in [1.165, 1.54) is 11.0 Å². The molecular weight excluding hydrogens is 300 g/mol. The summed E-state index contributed by atoms with van der Waals surface area (Å²) in [4.78, 5) is 13.8. The molecule has 1 atom stereocenters.